The number of carbonyl (C=O) groups is 1. The highest BCUT2D eigenvalue weighted by Gasteiger charge is 2.32. The lowest BCUT2D eigenvalue weighted by atomic mass is 10.2. The van der Waals surface area contributed by atoms with Crippen LogP contribution in [0.5, 0.6) is 0 Å². The van der Waals surface area contributed by atoms with Crippen LogP contribution < -0.4 is 5.32 Å². The van der Waals surface area contributed by atoms with Crippen LogP contribution in [0.15, 0.2) is 0 Å². The van der Waals surface area contributed by atoms with Gasteiger partial charge in [0.2, 0.25) is 5.91 Å². The molecule has 3 heterocycles. The summed E-state index contributed by atoms with van der Waals surface area (Å²) in [5.41, 5.74) is 2.60. The molecule has 0 unspecified atom stereocenters. The van der Waals surface area contributed by atoms with Crippen molar-refractivity contribution in [2.24, 2.45) is 0 Å². The van der Waals surface area contributed by atoms with Crippen LogP contribution in [-0.2, 0) is 24.3 Å². The smallest absolute Gasteiger partial charge is 0.224 e. The molecular weight excluding hydrogens is 264 g/mol. The van der Waals surface area contributed by atoms with Crippen molar-refractivity contribution in [3.63, 3.8) is 0 Å². The molecule has 1 saturated heterocycles. The van der Waals surface area contributed by atoms with Crippen LogP contribution in [0.25, 0.3) is 0 Å². The van der Waals surface area contributed by atoms with Crippen LogP contribution in [0.1, 0.15) is 55.2 Å². The molecule has 1 aliphatic carbocycles. The van der Waals surface area contributed by atoms with Crippen LogP contribution in [0.3, 0.4) is 0 Å². The van der Waals surface area contributed by atoms with E-state index < -0.39 is 0 Å². The van der Waals surface area contributed by atoms with Gasteiger partial charge in [-0.1, -0.05) is 0 Å². The maximum atomic E-state index is 12.3. The first-order chi connectivity index (χ1) is 10.3. The van der Waals surface area contributed by atoms with Crippen LogP contribution in [0.4, 0.5) is 0 Å². The molecule has 21 heavy (non-hydrogen) atoms. The maximum absolute atomic E-state index is 12.3. The molecule has 2 fully saturated rings. The number of rotatable bonds is 4. The van der Waals surface area contributed by atoms with Gasteiger partial charge in [0.15, 0.2) is 0 Å². The summed E-state index contributed by atoms with van der Waals surface area (Å²) in [6.45, 7) is 4.66. The molecule has 0 bridgehead atoms. The van der Waals surface area contributed by atoms with Gasteiger partial charge in [0.1, 0.15) is 5.82 Å². The van der Waals surface area contributed by atoms with E-state index in [4.69, 9.17) is 4.98 Å². The van der Waals surface area contributed by atoms with Crippen LogP contribution in [-0.4, -0.2) is 40.0 Å². The normalized spacial score (nSPS) is 21.6. The Bertz CT molecular complexity index is 541. The van der Waals surface area contributed by atoms with Gasteiger partial charge in [0.25, 0.3) is 0 Å². The number of hydrogen-bond acceptors (Lipinski definition) is 3. The zero-order chi connectivity index (χ0) is 14.2. The molecular formula is C16H24N4O. The molecule has 0 radical (unpaired) electrons. The van der Waals surface area contributed by atoms with Gasteiger partial charge in [-0.25, -0.2) is 4.98 Å². The monoisotopic (exact) mass is 288 g/mol. The fraction of sp³-hybridized carbons (Fsp3) is 0.750. The van der Waals surface area contributed by atoms with E-state index in [1.54, 1.807) is 0 Å². The molecule has 0 atom stereocenters. The van der Waals surface area contributed by atoms with Crippen molar-refractivity contribution in [1.82, 2.24) is 19.8 Å². The van der Waals surface area contributed by atoms with Crippen molar-refractivity contribution >= 4 is 5.91 Å². The lowest BCUT2D eigenvalue weighted by molar-refractivity contribution is -0.130. The first-order valence-corrected chi connectivity index (χ1v) is 8.39. The summed E-state index contributed by atoms with van der Waals surface area (Å²) in [6, 6.07) is 0. The Morgan fingerprint density at radius 3 is 2.86 bits per heavy atom. The zero-order valence-electron chi connectivity index (χ0n) is 12.6. The molecule has 114 valence electrons. The summed E-state index contributed by atoms with van der Waals surface area (Å²) in [7, 11) is 0. The minimum Gasteiger partial charge on any atom is -0.343 e. The molecule has 5 nitrogen and oxygen atoms in total. The van der Waals surface area contributed by atoms with Gasteiger partial charge in [0.05, 0.1) is 5.69 Å². The lowest BCUT2D eigenvalue weighted by Crippen LogP contribution is -2.29. The van der Waals surface area contributed by atoms with E-state index in [1.807, 2.05) is 4.90 Å². The Hall–Kier alpha value is -1.36. The number of fused-ring (bicyclic) bond motifs is 1. The average Bonchev–Trinajstić information content (AvgIpc) is 3.08. The lowest BCUT2D eigenvalue weighted by Gasteiger charge is -2.18. The van der Waals surface area contributed by atoms with Crippen LogP contribution >= 0.6 is 0 Å². The Kier molecular flexibility index (Phi) is 3.45. The van der Waals surface area contributed by atoms with E-state index in [-0.39, 0.29) is 0 Å². The van der Waals surface area contributed by atoms with Crippen LogP contribution in [0, 0.1) is 0 Å². The fourth-order valence-electron chi connectivity index (χ4n) is 3.63. The van der Waals surface area contributed by atoms with Gasteiger partial charge in [0, 0.05) is 57.2 Å². The third-order valence-corrected chi connectivity index (χ3v) is 4.97. The number of carbonyl (C=O) groups excluding carboxylic acids is 1. The molecule has 5 heteroatoms. The first-order valence-electron chi connectivity index (χ1n) is 8.39. The Balaban J connectivity index is 1.50. The second kappa shape index (κ2) is 5.44. The fourth-order valence-corrected chi connectivity index (χ4v) is 3.63. The number of nitrogens with one attached hydrogen (secondary N) is 1. The van der Waals surface area contributed by atoms with Crippen molar-refractivity contribution in [1.29, 1.82) is 0 Å². The van der Waals surface area contributed by atoms with Crippen molar-refractivity contribution in [2.75, 3.05) is 19.6 Å². The highest BCUT2D eigenvalue weighted by atomic mass is 16.2. The summed E-state index contributed by atoms with van der Waals surface area (Å²) >= 11 is 0. The Morgan fingerprint density at radius 1 is 1.29 bits per heavy atom. The summed E-state index contributed by atoms with van der Waals surface area (Å²) in [6.07, 6.45) is 6.56. The largest absolute Gasteiger partial charge is 0.343 e. The predicted molar refractivity (Wildman–Crippen MR) is 80.0 cm³/mol. The Morgan fingerprint density at radius 2 is 2.10 bits per heavy atom. The van der Waals surface area contributed by atoms with Crippen molar-refractivity contribution in [3.05, 3.63) is 17.2 Å². The maximum Gasteiger partial charge on any atom is 0.224 e. The SMILES string of the molecule is O=C(CCn1c(C2CC2)nc2c1CCNC2)N1CCCC1. The molecule has 1 aromatic rings. The van der Waals surface area contributed by atoms with E-state index in [0.717, 1.165) is 39.1 Å². The van der Waals surface area contributed by atoms with E-state index >= 15 is 0 Å². The second-order valence-electron chi connectivity index (χ2n) is 6.55. The third kappa shape index (κ3) is 2.59. The second-order valence-corrected chi connectivity index (χ2v) is 6.55. The summed E-state index contributed by atoms with van der Waals surface area (Å²) in [5.74, 6) is 2.22. The molecule has 1 N–H and O–H groups in total. The van der Waals surface area contributed by atoms with Gasteiger partial charge in [-0.3, -0.25) is 4.79 Å². The van der Waals surface area contributed by atoms with Gasteiger partial charge >= 0.3 is 0 Å². The van der Waals surface area contributed by atoms with E-state index in [9.17, 15) is 4.79 Å². The molecule has 1 aromatic heterocycles. The van der Waals surface area contributed by atoms with Crippen LogP contribution in [0.2, 0.25) is 0 Å². The molecule has 0 spiro atoms. The molecule has 4 rings (SSSR count). The summed E-state index contributed by atoms with van der Waals surface area (Å²) in [5, 5.41) is 3.40. The number of likely N-dealkylation sites (tertiary alicyclic amines) is 1. The molecule has 3 aliphatic rings. The summed E-state index contributed by atoms with van der Waals surface area (Å²) in [4.78, 5) is 19.2. The quantitative estimate of drug-likeness (QED) is 0.911. The molecule has 1 amide bonds. The number of imidazole rings is 1. The topological polar surface area (TPSA) is 50.2 Å². The molecule has 1 saturated carbocycles. The minimum absolute atomic E-state index is 0.325. The predicted octanol–water partition coefficient (Wildman–Crippen LogP) is 1.42. The molecule has 2 aliphatic heterocycles. The van der Waals surface area contributed by atoms with Crippen molar-refractivity contribution < 1.29 is 4.79 Å². The van der Waals surface area contributed by atoms with E-state index in [2.05, 4.69) is 9.88 Å². The standard InChI is InChI=1S/C16H24N4O/c21-15(19-8-1-2-9-19)6-10-20-14-5-7-17-11-13(14)18-16(20)12-3-4-12/h12,17H,1-11H2. The highest BCUT2D eigenvalue weighted by molar-refractivity contribution is 5.76. The number of nitrogens with zero attached hydrogens (tertiary/aromatic N) is 3. The van der Waals surface area contributed by atoms with Gasteiger partial charge in [-0.15, -0.1) is 0 Å². The Labute approximate surface area is 125 Å². The average molecular weight is 288 g/mol. The number of hydrogen-bond donors (Lipinski definition) is 1. The minimum atomic E-state index is 0.325. The number of aromatic nitrogens is 2. The first kappa shape index (κ1) is 13.3. The number of amides is 1. The zero-order valence-corrected chi connectivity index (χ0v) is 12.6. The van der Waals surface area contributed by atoms with Gasteiger partial charge < -0.3 is 14.8 Å². The van der Waals surface area contributed by atoms with Gasteiger partial charge in [-0.2, -0.15) is 0 Å². The third-order valence-electron chi connectivity index (χ3n) is 4.97. The highest BCUT2D eigenvalue weighted by Crippen LogP contribution is 2.40. The van der Waals surface area contributed by atoms with Gasteiger partial charge in [-0.05, 0) is 25.7 Å². The summed E-state index contributed by atoms with van der Waals surface area (Å²) < 4.78 is 2.38. The van der Waals surface area contributed by atoms with E-state index in [0.29, 0.717) is 18.2 Å². The molecule has 0 aromatic carbocycles. The van der Waals surface area contributed by atoms with Crippen molar-refractivity contribution in [2.45, 2.75) is 57.5 Å². The van der Waals surface area contributed by atoms with Crippen molar-refractivity contribution in [3.8, 4) is 0 Å². The van der Waals surface area contributed by atoms with E-state index in [1.165, 1.54) is 42.9 Å².